The highest BCUT2D eigenvalue weighted by atomic mass is 127. The Bertz CT molecular complexity index is 1450. The Morgan fingerprint density at radius 3 is 2.69 bits per heavy atom. The van der Waals surface area contributed by atoms with E-state index in [0.29, 0.717) is 33.6 Å². The van der Waals surface area contributed by atoms with Crippen molar-refractivity contribution in [1.29, 1.82) is 0 Å². The van der Waals surface area contributed by atoms with Crippen LogP contribution < -0.4 is 4.74 Å². The lowest BCUT2D eigenvalue weighted by molar-refractivity contribution is 0.432. The standard InChI is InChI=1S/C23H13ClFIN4O2/c24-13-8-14(26)10-16(9-13)32-23-3-1-2-19-17(23)5-6-20(27-19)21-12-30(29-28-21)15-4-7-22(31)18(25)11-15/h1-12,31H. The van der Waals surface area contributed by atoms with Gasteiger partial charge in [-0.3, -0.25) is 0 Å². The van der Waals surface area contributed by atoms with E-state index in [0.717, 1.165) is 14.5 Å². The van der Waals surface area contributed by atoms with Crippen molar-refractivity contribution in [3.63, 3.8) is 0 Å². The van der Waals surface area contributed by atoms with Crippen LogP contribution in [0.5, 0.6) is 17.2 Å². The van der Waals surface area contributed by atoms with E-state index in [-0.39, 0.29) is 0 Å². The second kappa shape index (κ2) is 8.36. The van der Waals surface area contributed by atoms with Crippen molar-refractivity contribution in [3.05, 3.63) is 87.3 Å². The number of ether oxygens (including phenoxy) is 1. The lowest BCUT2D eigenvalue weighted by Crippen LogP contribution is -1.95. The Morgan fingerprint density at radius 2 is 1.88 bits per heavy atom. The van der Waals surface area contributed by atoms with E-state index in [2.05, 4.69) is 37.9 Å². The van der Waals surface area contributed by atoms with Gasteiger partial charge in [-0.05, 0) is 77.2 Å². The summed E-state index contributed by atoms with van der Waals surface area (Å²) < 4.78 is 22.1. The maximum absolute atomic E-state index is 13.7. The van der Waals surface area contributed by atoms with Crippen LogP contribution in [-0.2, 0) is 0 Å². The zero-order chi connectivity index (χ0) is 22.2. The molecule has 2 heterocycles. The van der Waals surface area contributed by atoms with E-state index in [4.69, 9.17) is 16.3 Å². The maximum atomic E-state index is 13.7. The van der Waals surface area contributed by atoms with E-state index in [1.807, 2.05) is 42.5 Å². The fourth-order valence-corrected chi connectivity index (χ4v) is 4.27. The molecule has 2 aromatic heterocycles. The Balaban J connectivity index is 1.48. The van der Waals surface area contributed by atoms with E-state index in [1.165, 1.54) is 16.8 Å². The van der Waals surface area contributed by atoms with E-state index in [1.54, 1.807) is 18.3 Å². The van der Waals surface area contributed by atoms with Crippen molar-refractivity contribution in [1.82, 2.24) is 20.0 Å². The molecule has 0 radical (unpaired) electrons. The highest BCUT2D eigenvalue weighted by molar-refractivity contribution is 14.1. The van der Waals surface area contributed by atoms with Crippen LogP contribution in [0, 0.1) is 9.39 Å². The molecule has 0 bridgehead atoms. The number of rotatable bonds is 4. The summed E-state index contributed by atoms with van der Waals surface area (Å²) in [5.41, 5.74) is 2.29. The minimum atomic E-state index is -0.731. The van der Waals surface area contributed by atoms with Crippen molar-refractivity contribution in [2.45, 2.75) is 0 Å². The highest BCUT2D eigenvalue weighted by Gasteiger charge is 2.12. The van der Waals surface area contributed by atoms with Gasteiger partial charge in [0.15, 0.2) is 11.6 Å². The van der Waals surface area contributed by atoms with Gasteiger partial charge in [-0.2, -0.15) is 0 Å². The van der Waals surface area contributed by atoms with Crippen molar-refractivity contribution >= 4 is 45.1 Å². The number of halogens is 3. The van der Waals surface area contributed by atoms with E-state index < -0.39 is 11.6 Å². The summed E-state index contributed by atoms with van der Waals surface area (Å²) in [4.78, 5) is 4.68. The predicted molar refractivity (Wildman–Crippen MR) is 128 cm³/mol. The summed E-state index contributed by atoms with van der Waals surface area (Å²) in [5.74, 6) is 0.145. The number of hydrogen-bond donors (Lipinski definition) is 1. The molecular weight excluding hydrogens is 546 g/mol. The van der Waals surface area contributed by atoms with Crippen LogP contribution in [-0.4, -0.2) is 25.1 Å². The maximum Gasteiger partial charge on any atom is 0.166 e. The number of nitrogens with zero attached hydrogens (tertiary/aromatic N) is 4. The third-order valence-electron chi connectivity index (χ3n) is 4.71. The topological polar surface area (TPSA) is 73.1 Å². The van der Waals surface area contributed by atoms with Gasteiger partial charge in [-0.15, -0.1) is 5.10 Å². The van der Waals surface area contributed by atoms with Crippen LogP contribution in [0.2, 0.25) is 5.02 Å². The lowest BCUT2D eigenvalue weighted by atomic mass is 10.1. The minimum absolute atomic E-state index is 0.421. The zero-order valence-corrected chi connectivity index (χ0v) is 19.1. The lowest BCUT2D eigenvalue weighted by Gasteiger charge is -2.10. The number of benzene rings is 3. The van der Waals surface area contributed by atoms with Gasteiger partial charge >= 0.3 is 0 Å². The second-order valence-electron chi connectivity index (χ2n) is 6.91. The number of fused-ring (bicyclic) bond motifs is 1. The van der Waals surface area contributed by atoms with Crippen molar-refractivity contribution in [2.24, 2.45) is 0 Å². The number of pyridine rings is 1. The summed E-state index contributed by atoms with van der Waals surface area (Å²) >= 11 is 8.33. The highest BCUT2D eigenvalue weighted by Crippen LogP contribution is 2.32. The number of aromatic nitrogens is 4. The number of phenolic OH excluding ortho intramolecular Hbond substituents is 1. The molecule has 0 aliphatic carbocycles. The van der Waals surface area contributed by atoms with Gasteiger partial charge in [-0.25, -0.2) is 14.1 Å². The van der Waals surface area contributed by atoms with Gasteiger partial charge in [-0.1, -0.05) is 22.9 Å². The molecule has 0 amide bonds. The molecule has 5 rings (SSSR count). The van der Waals surface area contributed by atoms with Crippen molar-refractivity contribution in [3.8, 4) is 34.3 Å². The molecule has 0 spiro atoms. The Hall–Kier alpha value is -3.24. The summed E-state index contributed by atoms with van der Waals surface area (Å²) in [7, 11) is 0. The molecule has 0 fully saturated rings. The molecule has 32 heavy (non-hydrogen) atoms. The Labute approximate surface area is 200 Å². The Kier molecular flexibility index (Phi) is 5.40. The van der Waals surface area contributed by atoms with Crippen LogP contribution in [0.15, 0.2) is 72.9 Å². The molecule has 0 saturated carbocycles. The first-order valence-electron chi connectivity index (χ1n) is 9.41. The molecule has 158 valence electrons. The van der Waals surface area contributed by atoms with Gasteiger partial charge < -0.3 is 9.84 Å². The Morgan fingerprint density at radius 1 is 1.00 bits per heavy atom. The number of aromatic hydroxyl groups is 1. The van der Waals surface area contributed by atoms with Gasteiger partial charge in [0.2, 0.25) is 0 Å². The monoisotopic (exact) mass is 558 g/mol. The van der Waals surface area contributed by atoms with Crippen molar-refractivity contribution in [2.75, 3.05) is 0 Å². The summed E-state index contributed by atoms with van der Waals surface area (Å²) in [5, 5.41) is 19.0. The molecule has 9 heteroatoms. The van der Waals surface area contributed by atoms with Crippen LogP contribution >= 0.6 is 34.2 Å². The normalized spacial score (nSPS) is 11.1. The van der Waals surface area contributed by atoms with Crippen LogP contribution in [0.4, 0.5) is 4.39 Å². The molecule has 5 aromatic rings. The molecule has 0 atom stereocenters. The quantitative estimate of drug-likeness (QED) is 0.259. The summed E-state index contributed by atoms with van der Waals surface area (Å²) in [6.45, 7) is 0. The second-order valence-corrected chi connectivity index (χ2v) is 8.59. The summed E-state index contributed by atoms with van der Waals surface area (Å²) in [6.07, 6.45) is 1.65. The SMILES string of the molecule is Oc1ccc(-n2cc(-c3ccc4c(Oc5cc(Cl)cc(I)c5)cccc4n3)nn2)cc1F. The molecule has 0 aliphatic heterocycles. The molecule has 3 aromatic carbocycles. The average Bonchev–Trinajstić information content (AvgIpc) is 3.25. The fourth-order valence-electron chi connectivity index (χ4n) is 3.22. The smallest absolute Gasteiger partial charge is 0.166 e. The fraction of sp³-hybridized carbons (Fsp3) is 0. The van der Waals surface area contributed by atoms with Gasteiger partial charge in [0.1, 0.15) is 17.2 Å². The first-order chi connectivity index (χ1) is 15.5. The van der Waals surface area contributed by atoms with E-state index >= 15 is 0 Å². The molecule has 0 aliphatic rings. The number of hydrogen-bond acceptors (Lipinski definition) is 5. The largest absolute Gasteiger partial charge is 0.505 e. The van der Waals surface area contributed by atoms with Crippen molar-refractivity contribution < 1.29 is 14.2 Å². The molecule has 0 unspecified atom stereocenters. The molecular formula is C23H13ClFIN4O2. The zero-order valence-electron chi connectivity index (χ0n) is 16.2. The van der Waals surface area contributed by atoms with Gasteiger partial charge in [0.25, 0.3) is 0 Å². The molecule has 6 nitrogen and oxygen atoms in total. The van der Waals surface area contributed by atoms with Crippen LogP contribution in [0.3, 0.4) is 0 Å². The average molecular weight is 559 g/mol. The van der Waals surface area contributed by atoms with Gasteiger partial charge in [0, 0.05) is 20.0 Å². The van der Waals surface area contributed by atoms with Crippen LogP contribution in [0.1, 0.15) is 0 Å². The third kappa shape index (κ3) is 4.11. The summed E-state index contributed by atoms with van der Waals surface area (Å²) in [6, 6.07) is 18.8. The van der Waals surface area contributed by atoms with Gasteiger partial charge in [0.05, 0.1) is 23.1 Å². The minimum Gasteiger partial charge on any atom is -0.505 e. The first-order valence-corrected chi connectivity index (χ1v) is 10.9. The predicted octanol–water partition coefficient (Wildman–Crippen LogP) is 6.38. The first kappa shape index (κ1) is 20.7. The molecule has 0 saturated heterocycles. The van der Waals surface area contributed by atoms with E-state index in [9.17, 15) is 9.50 Å². The third-order valence-corrected chi connectivity index (χ3v) is 5.55. The molecule has 1 N–H and O–H groups in total. The van der Waals surface area contributed by atoms with Crippen LogP contribution in [0.25, 0.3) is 28.0 Å². The number of phenols is 1.